The van der Waals surface area contributed by atoms with Crippen molar-refractivity contribution >= 4 is 5.91 Å². The van der Waals surface area contributed by atoms with E-state index in [0.717, 1.165) is 30.6 Å². The Balaban J connectivity index is 1.84. The number of hydrogen-bond donors (Lipinski definition) is 2. The average Bonchev–Trinajstić information content (AvgIpc) is 2.63. The lowest BCUT2D eigenvalue weighted by Gasteiger charge is -2.13. The summed E-state index contributed by atoms with van der Waals surface area (Å²) < 4.78 is 11.3. The zero-order chi connectivity index (χ0) is 17.9. The van der Waals surface area contributed by atoms with E-state index in [-0.39, 0.29) is 5.91 Å². The Morgan fingerprint density at radius 2 is 2.04 bits per heavy atom. The van der Waals surface area contributed by atoms with Crippen LogP contribution in [0.15, 0.2) is 42.7 Å². The van der Waals surface area contributed by atoms with Crippen LogP contribution in [0.2, 0.25) is 0 Å². The van der Waals surface area contributed by atoms with Gasteiger partial charge in [-0.15, -0.1) is 0 Å². The van der Waals surface area contributed by atoms with Crippen molar-refractivity contribution in [3.63, 3.8) is 0 Å². The molecule has 0 radical (unpaired) electrons. The highest BCUT2D eigenvalue weighted by atomic mass is 16.5. The molecule has 2 aromatic rings. The largest absolute Gasteiger partial charge is 0.493 e. The average molecular weight is 343 g/mol. The zero-order valence-corrected chi connectivity index (χ0v) is 14.7. The number of methoxy groups -OCH3 is 1. The topological polar surface area (TPSA) is 72.5 Å². The third-order valence-corrected chi connectivity index (χ3v) is 3.58. The van der Waals surface area contributed by atoms with Crippen LogP contribution in [-0.4, -0.2) is 31.1 Å². The van der Waals surface area contributed by atoms with Crippen LogP contribution < -0.4 is 20.1 Å². The Morgan fingerprint density at radius 1 is 1.16 bits per heavy atom. The maximum Gasteiger partial charge on any atom is 0.216 e. The molecule has 0 aliphatic rings. The first kappa shape index (κ1) is 18.7. The molecule has 0 saturated heterocycles. The molecule has 1 aromatic heterocycles. The van der Waals surface area contributed by atoms with Crippen LogP contribution in [-0.2, 0) is 17.9 Å². The third kappa shape index (κ3) is 6.81. The molecule has 0 saturated carbocycles. The molecule has 2 rings (SSSR count). The van der Waals surface area contributed by atoms with E-state index in [1.54, 1.807) is 19.5 Å². The molecule has 6 nitrogen and oxygen atoms in total. The normalized spacial score (nSPS) is 10.3. The summed E-state index contributed by atoms with van der Waals surface area (Å²) in [5, 5.41) is 6.14. The number of rotatable bonds is 10. The number of nitrogens with zero attached hydrogens (tertiary/aromatic N) is 1. The quantitative estimate of drug-likeness (QED) is 0.648. The molecule has 6 heteroatoms. The predicted octanol–water partition coefficient (Wildman–Crippen LogP) is 2.29. The summed E-state index contributed by atoms with van der Waals surface area (Å²) in [6.45, 7) is 4.21. The lowest BCUT2D eigenvalue weighted by atomic mass is 10.2. The summed E-state index contributed by atoms with van der Waals surface area (Å²) in [6, 6.07) is 9.76. The number of carbonyl (C=O) groups excluding carboxylic acids is 1. The summed E-state index contributed by atoms with van der Waals surface area (Å²) >= 11 is 0. The number of amides is 1. The van der Waals surface area contributed by atoms with Gasteiger partial charge in [-0.05, 0) is 36.7 Å². The second-order valence-corrected chi connectivity index (χ2v) is 5.65. The van der Waals surface area contributed by atoms with Crippen molar-refractivity contribution in [2.75, 3.05) is 20.2 Å². The molecule has 134 valence electrons. The molecule has 25 heavy (non-hydrogen) atoms. The van der Waals surface area contributed by atoms with Crippen molar-refractivity contribution in [2.24, 2.45) is 0 Å². The van der Waals surface area contributed by atoms with Gasteiger partial charge in [-0.1, -0.05) is 12.1 Å². The van der Waals surface area contributed by atoms with E-state index in [0.29, 0.717) is 24.7 Å². The molecular weight excluding hydrogens is 318 g/mol. The second kappa shape index (κ2) is 10.3. The van der Waals surface area contributed by atoms with Crippen molar-refractivity contribution in [1.82, 2.24) is 15.6 Å². The second-order valence-electron chi connectivity index (χ2n) is 5.65. The minimum Gasteiger partial charge on any atom is -0.493 e. The molecule has 1 aromatic carbocycles. The summed E-state index contributed by atoms with van der Waals surface area (Å²) in [6.07, 6.45) is 4.41. The number of ether oxygens (including phenoxy) is 2. The molecule has 0 atom stereocenters. The molecule has 0 aliphatic carbocycles. The van der Waals surface area contributed by atoms with Gasteiger partial charge in [0.2, 0.25) is 5.91 Å². The minimum atomic E-state index is 0.00515. The summed E-state index contributed by atoms with van der Waals surface area (Å²) in [7, 11) is 1.63. The maximum absolute atomic E-state index is 10.8. The van der Waals surface area contributed by atoms with Gasteiger partial charge < -0.3 is 20.1 Å². The number of carbonyl (C=O) groups is 1. The third-order valence-electron chi connectivity index (χ3n) is 3.58. The van der Waals surface area contributed by atoms with Gasteiger partial charge in [-0.3, -0.25) is 9.78 Å². The molecule has 1 heterocycles. The fourth-order valence-corrected chi connectivity index (χ4v) is 2.30. The number of pyridine rings is 1. The molecule has 2 N–H and O–H groups in total. The van der Waals surface area contributed by atoms with Gasteiger partial charge in [-0.25, -0.2) is 0 Å². The summed E-state index contributed by atoms with van der Waals surface area (Å²) in [5.74, 6) is 1.42. The smallest absolute Gasteiger partial charge is 0.216 e. The van der Waals surface area contributed by atoms with Crippen molar-refractivity contribution in [2.45, 2.75) is 26.5 Å². The molecule has 0 unspecified atom stereocenters. The van der Waals surface area contributed by atoms with E-state index in [2.05, 4.69) is 15.6 Å². The van der Waals surface area contributed by atoms with Crippen LogP contribution in [0.1, 0.15) is 24.5 Å². The lowest BCUT2D eigenvalue weighted by Crippen LogP contribution is -2.24. The molecule has 0 bridgehead atoms. The Kier molecular flexibility index (Phi) is 7.72. The summed E-state index contributed by atoms with van der Waals surface area (Å²) in [4.78, 5) is 14.9. The maximum atomic E-state index is 10.8. The summed E-state index contributed by atoms with van der Waals surface area (Å²) in [5.41, 5.74) is 2.12. The van der Waals surface area contributed by atoms with E-state index in [9.17, 15) is 4.79 Å². The first-order valence-corrected chi connectivity index (χ1v) is 8.33. The Hall–Kier alpha value is -2.60. The number of benzene rings is 1. The first-order chi connectivity index (χ1) is 12.2. The Labute approximate surface area is 148 Å². The van der Waals surface area contributed by atoms with Gasteiger partial charge in [0, 0.05) is 38.0 Å². The van der Waals surface area contributed by atoms with Crippen molar-refractivity contribution in [3.8, 4) is 11.5 Å². The van der Waals surface area contributed by atoms with Gasteiger partial charge >= 0.3 is 0 Å². The zero-order valence-electron chi connectivity index (χ0n) is 14.7. The fraction of sp³-hybridized carbons (Fsp3) is 0.368. The van der Waals surface area contributed by atoms with E-state index in [1.807, 2.05) is 30.3 Å². The van der Waals surface area contributed by atoms with Crippen LogP contribution in [0.5, 0.6) is 11.5 Å². The molecular formula is C19H25N3O3. The predicted molar refractivity (Wildman–Crippen MR) is 96.6 cm³/mol. The van der Waals surface area contributed by atoms with E-state index in [1.165, 1.54) is 6.92 Å². The van der Waals surface area contributed by atoms with Gasteiger partial charge in [0.05, 0.1) is 7.11 Å². The van der Waals surface area contributed by atoms with E-state index in [4.69, 9.17) is 9.47 Å². The monoisotopic (exact) mass is 343 g/mol. The molecule has 0 spiro atoms. The van der Waals surface area contributed by atoms with Crippen LogP contribution in [0.25, 0.3) is 0 Å². The van der Waals surface area contributed by atoms with Crippen LogP contribution >= 0.6 is 0 Å². The Morgan fingerprint density at radius 3 is 2.76 bits per heavy atom. The highest BCUT2D eigenvalue weighted by Gasteiger charge is 2.06. The lowest BCUT2D eigenvalue weighted by molar-refractivity contribution is -0.118. The van der Waals surface area contributed by atoms with Gasteiger partial charge in [0.15, 0.2) is 11.5 Å². The van der Waals surface area contributed by atoms with Crippen LogP contribution in [0.4, 0.5) is 0 Å². The van der Waals surface area contributed by atoms with Gasteiger partial charge in [0.25, 0.3) is 0 Å². The fourth-order valence-electron chi connectivity index (χ4n) is 2.30. The standard InChI is InChI=1S/C19H25N3O3/c1-15(23)22-10-4-9-21-12-16-6-7-18(24-2)19(11-16)25-14-17-5-3-8-20-13-17/h3,5-8,11,13,21H,4,9-10,12,14H2,1-2H3,(H,22,23). The first-order valence-electron chi connectivity index (χ1n) is 8.33. The van der Waals surface area contributed by atoms with E-state index >= 15 is 0 Å². The van der Waals surface area contributed by atoms with Crippen LogP contribution in [0, 0.1) is 0 Å². The number of nitrogens with one attached hydrogen (secondary N) is 2. The molecule has 0 aliphatic heterocycles. The number of aromatic nitrogens is 1. The van der Waals surface area contributed by atoms with Gasteiger partial charge in [-0.2, -0.15) is 0 Å². The SMILES string of the molecule is COc1ccc(CNCCCNC(C)=O)cc1OCc1cccnc1. The van der Waals surface area contributed by atoms with Gasteiger partial charge in [0.1, 0.15) is 6.61 Å². The Bertz CT molecular complexity index is 662. The van der Waals surface area contributed by atoms with E-state index < -0.39 is 0 Å². The molecule has 1 amide bonds. The molecule has 0 fully saturated rings. The van der Waals surface area contributed by atoms with Crippen LogP contribution in [0.3, 0.4) is 0 Å². The van der Waals surface area contributed by atoms with Crippen molar-refractivity contribution in [1.29, 1.82) is 0 Å². The van der Waals surface area contributed by atoms with Crippen molar-refractivity contribution in [3.05, 3.63) is 53.9 Å². The number of hydrogen-bond acceptors (Lipinski definition) is 5. The highest BCUT2D eigenvalue weighted by Crippen LogP contribution is 2.28. The van der Waals surface area contributed by atoms with Crippen molar-refractivity contribution < 1.29 is 14.3 Å². The minimum absolute atomic E-state index is 0.00515. The highest BCUT2D eigenvalue weighted by molar-refractivity contribution is 5.72.